The zero-order valence-corrected chi connectivity index (χ0v) is 23.8. The minimum atomic E-state index is -1.81. The van der Waals surface area contributed by atoms with Gasteiger partial charge in [-0.2, -0.15) is 0 Å². The first-order chi connectivity index (χ1) is 14.6. The molecule has 0 fully saturated rings. The molecule has 0 saturated carbocycles. The molecule has 0 radical (unpaired) electrons. The summed E-state index contributed by atoms with van der Waals surface area (Å²) < 4.78 is 12.9. The first-order valence-corrected chi connectivity index (χ1v) is 17.4. The van der Waals surface area contributed by atoms with Crippen molar-refractivity contribution in [2.24, 2.45) is 0 Å². The van der Waals surface area contributed by atoms with Crippen molar-refractivity contribution in [1.29, 1.82) is 0 Å². The van der Waals surface area contributed by atoms with Crippen LogP contribution in [0, 0.1) is 11.8 Å². The normalized spacial score (nSPS) is 12.9. The third-order valence-electron chi connectivity index (χ3n) is 7.16. The van der Waals surface area contributed by atoms with Gasteiger partial charge in [-0.25, -0.2) is 0 Å². The Balaban J connectivity index is 2.24. The maximum Gasteiger partial charge on any atom is 0.192 e. The molecular weight excluding hydrogens is 424 g/mol. The van der Waals surface area contributed by atoms with E-state index in [0.717, 1.165) is 22.3 Å². The van der Waals surface area contributed by atoms with Gasteiger partial charge in [0.15, 0.2) is 16.6 Å². The zero-order valence-electron chi connectivity index (χ0n) is 21.8. The number of hydrogen-bond donors (Lipinski definition) is 0. The number of hydrogen-bond acceptors (Lipinski definition) is 2. The van der Waals surface area contributed by atoms with Crippen LogP contribution >= 0.6 is 0 Å². The van der Waals surface area contributed by atoms with Crippen molar-refractivity contribution in [3.8, 4) is 11.8 Å². The van der Waals surface area contributed by atoms with Gasteiger partial charge in [-0.1, -0.05) is 89.8 Å². The first-order valence-electron chi connectivity index (χ1n) is 11.6. The Bertz CT molecular complexity index is 890. The monoisotopic (exact) mass is 466 g/mol. The number of rotatable bonds is 6. The smallest absolute Gasteiger partial charge is 0.192 e. The molecular formula is C28H42O2Si2. The van der Waals surface area contributed by atoms with E-state index in [-0.39, 0.29) is 10.1 Å². The summed E-state index contributed by atoms with van der Waals surface area (Å²) >= 11 is 0. The topological polar surface area (TPSA) is 18.5 Å². The molecule has 174 valence electrons. The number of benzene rings is 2. The highest BCUT2D eigenvalue weighted by Crippen LogP contribution is 2.38. The molecule has 0 aliphatic rings. The van der Waals surface area contributed by atoms with E-state index < -0.39 is 16.6 Å². The molecule has 0 unspecified atom stereocenters. The molecule has 0 atom stereocenters. The predicted molar refractivity (Wildman–Crippen MR) is 143 cm³/mol. The molecule has 0 aromatic heterocycles. The van der Waals surface area contributed by atoms with Crippen LogP contribution in [0.4, 0.5) is 0 Å². The fourth-order valence-corrected chi connectivity index (χ4v) is 4.52. The molecule has 0 aliphatic heterocycles. The van der Waals surface area contributed by atoms with Gasteiger partial charge < -0.3 is 8.85 Å². The Labute approximate surface area is 199 Å². The molecule has 2 rings (SSSR count). The molecule has 0 heterocycles. The third-order valence-corrected chi connectivity index (χ3v) is 16.1. The molecule has 0 N–H and O–H groups in total. The van der Waals surface area contributed by atoms with Crippen LogP contribution < -0.4 is 0 Å². The molecule has 0 amide bonds. The van der Waals surface area contributed by atoms with Gasteiger partial charge in [-0.15, -0.1) is 0 Å². The van der Waals surface area contributed by atoms with Crippen molar-refractivity contribution >= 4 is 16.6 Å². The van der Waals surface area contributed by atoms with E-state index in [2.05, 4.69) is 116 Å². The molecule has 2 aromatic rings. The molecule has 4 heteroatoms. The van der Waals surface area contributed by atoms with Crippen LogP contribution in [0.1, 0.15) is 63.8 Å². The van der Waals surface area contributed by atoms with E-state index in [1.807, 2.05) is 12.1 Å². The van der Waals surface area contributed by atoms with Crippen LogP contribution in [0.15, 0.2) is 48.5 Å². The van der Waals surface area contributed by atoms with Crippen molar-refractivity contribution in [3.05, 3.63) is 70.8 Å². The van der Waals surface area contributed by atoms with Crippen LogP contribution in [0.25, 0.3) is 0 Å². The lowest BCUT2D eigenvalue weighted by Gasteiger charge is -2.36. The zero-order chi connectivity index (χ0) is 24.2. The fourth-order valence-electron chi connectivity index (χ4n) is 2.62. The average molecular weight is 467 g/mol. The van der Waals surface area contributed by atoms with Crippen molar-refractivity contribution in [2.45, 2.75) is 91.0 Å². The Morgan fingerprint density at radius 1 is 0.594 bits per heavy atom. The second kappa shape index (κ2) is 10.1. The van der Waals surface area contributed by atoms with Gasteiger partial charge in [-0.05, 0) is 59.5 Å². The first kappa shape index (κ1) is 26.6. The van der Waals surface area contributed by atoms with Gasteiger partial charge in [0.1, 0.15) is 0 Å². The molecule has 0 spiro atoms. The van der Waals surface area contributed by atoms with E-state index in [0.29, 0.717) is 13.2 Å². The van der Waals surface area contributed by atoms with Crippen molar-refractivity contribution < 1.29 is 8.85 Å². The third kappa shape index (κ3) is 6.92. The summed E-state index contributed by atoms with van der Waals surface area (Å²) in [6, 6.07) is 16.7. The summed E-state index contributed by atoms with van der Waals surface area (Å²) in [5.74, 6) is 6.83. The molecule has 0 aliphatic carbocycles. The molecule has 2 nitrogen and oxygen atoms in total. The van der Waals surface area contributed by atoms with Crippen LogP contribution in [-0.4, -0.2) is 16.6 Å². The van der Waals surface area contributed by atoms with Crippen molar-refractivity contribution in [3.63, 3.8) is 0 Å². The Morgan fingerprint density at radius 3 is 1.22 bits per heavy atom. The highest BCUT2D eigenvalue weighted by Gasteiger charge is 2.38. The lowest BCUT2D eigenvalue weighted by Crippen LogP contribution is -2.40. The highest BCUT2D eigenvalue weighted by molar-refractivity contribution is 6.74. The van der Waals surface area contributed by atoms with Crippen LogP contribution in [-0.2, 0) is 22.1 Å². The van der Waals surface area contributed by atoms with E-state index >= 15 is 0 Å². The second-order valence-electron chi connectivity index (χ2n) is 11.7. The fraction of sp³-hybridized carbons (Fsp3) is 0.500. The average Bonchev–Trinajstić information content (AvgIpc) is 2.68. The lowest BCUT2D eigenvalue weighted by atomic mass is 10.1. The van der Waals surface area contributed by atoms with Gasteiger partial charge >= 0.3 is 0 Å². The molecule has 2 aromatic carbocycles. The van der Waals surface area contributed by atoms with Crippen LogP contribution in [0.3, 0.4) is 0 Å². The minimum Gasteiger partial charge on any atom is -0.413 e. The molecule has 0 saturated heterocycles. The largest absolute Gasteiger partial charge is 0.413 e. The lowest BCUT2D eigenvalue weighted by molar-refractivity contribution is 0.276. The summed E-state index contributed by atoms with van der Waals surface area (Å²) in [6.07, 6.45) is 0. The van der Waals surface area contributed by atoms with E-state index in [1.165, 1.54) is 0 Å². The Morgan fingerprint density at radius 2 is 0.906 bits per heavy atom. The highest BCUT2D eigenvalue weighted by atomic mass is 28.4. The van der Waals surface area contributed by atoms with Crippen molar-refractivity contribution in [1.82, 2.24) is 0 Å². The van der Waals surface area contributed by atoms with Gasteiger partial charge in [0, 0.05) is 11.1 Å². The summed E-state index contributed by atoms with van der Waals surface area (Å²) in [6.45, 7) is 24.0. The summed E-state index contributed by atoms with van der Waals surface area (Å²) in [4.78, 5) is 0. The van der Waals surface area contributed by atoms with Gasteiger partial charge in [0.2, 0.25) is 0 Å². The quantitative estimate of drug-likeness (QED) is 0.316. The molecule has 0 bridgehead atoms. The standard InChI is InChI=1S/C28H42O2Si2/c1-27(2,3)31(7,8)29-21-25-17-13-11-15-23(25)19-20-24-16-12-14-18-26(24)22-30-32(9,10)28(4,5)6/h11-18H,21-22H2,1-10H3. The van der Waals surface area contributed by atoms with Crippen molar-refractivity contribution in [2.75, 3.05) is 0 Å². The van der Waals surface area contributed by atoms with E-state index in [1.54, 1.807) is 0 Å². The SMILES string of the molecule is CC(C)(C)[Si](C)(C)OCc1ccccc1C#Cc1ccccc1CO[Si](C)(C)C(C)(C)C. The van der Waals surface area contributed by atoms with E-state index in [4.69, 9.17) is 8.85 Å². The predicted octanol–water partition coefficient (Wildman–Crippen LogP) is 8.13. The minimum absolute atomic E-state index is 0.191. The Kier molecular flexibility index (Phi) is 8.39. The summed E-state index contributed by atoms with van der Waals surface area (Å²) in [7, 11) is -3.62. The van der Waals surface area contributed by atoms with Gasteiger partial charge in [0.25, 0.3) is 0 Å². The Hall–Kier alpha value is -1.65. The van der Waals surface area contributed by atoms with Gasteiger partial charge in [-0.3, -0.25) is 0 Å². The second-order valence-corrected chi connectivity index (χ2v) is 21.3. The van der Waals surface area contributed by atoms with Crippen LogP contribution in [0.5, 0.6) is 0 Å². The maximum absolute atomic E-state index is 6.46. The summed E-state index contributed by atoms with van der Waals surface area (Å²) in [5, 5.41) is 0.382. The van der Waals surface area contributed by atoms with Gasteiger partial charge in [0.05, 0.1) is 13.2 Å². The molecule has 32 heavy (non-hydrogen) atoms. The maximum atomic E-state index is 6.46. The van der Waals surface area contributed by atoms with Crippen LogP contribution in [0.2, 0.25) is 36.3 Å². The van der Waals surface area contributed by atoms with E-state index in [9.17, 15) is 0 Å². The summed E-state index contributed by atoms with van der Waals surface area (Å²) in [5.41, 5.74) is 4.37.